The van der Waals surface area contributed by atoms with Crippen LogP contribution in [0, 0.1) is 13.8 Å². The van der Waals surface area contributed by atoms with Gasteiger partial charge in [-0.25, -0.2) is 0 Å². The average molecular weight is 273 g/mol. The van der Waals surface area contributed by atoms with Gasteiger partial charge in [0.15, 0.2) is 0 Å². The Morgan fingerprint density at radius 3 is 2.65 bits per heavy atom. The maximum absolute atomic E-state index is 12.2. The van der Waals surface area contributed by atoms with Crippen LogP contribution in [0.2, 0.25) is 0 Å². The Bertz CT molecular complexity index is 632. The third kappa shape index (κ3) is 2.66. The summed E-state index contributed by atoms with van der Waals surface area (Å²) in [7, 11) is 3.45. The van der Waals surface area contributed by atoms with Gasteiger partial charge in [0.05, 0.1) is 18.4 Å². The van der Waals surface area contributed by atoms with E-state index in [0.717, 1.165) is 17.0 Å². The highest BCUT2D eigenvalue weighted by atomic mass is 16.5. The quantitative estimate of drug-likeness (QED) is 0.926. The van der Waals surface area contributed by atoms with Crippen molar-refractivity contribution in [3.8, 4) is 5.75 Å². The number of carbonyl (C=O) groups excluding carboxylic acids is 1. The van der Waals surface area contributed by atoms with Crippen LogP contribution in [-0.2, 0) is 13.6 Å². The average Bonchev–Trinajstić information content (AvgIpc) is 2.70. The van der Waals surface area contributed by atoms with E-state index in [-0.39, 0.29) is 5.91 Å². The van der Waals surface area contributed by atoms with E-state index in [1.165, 1.54) is 0 Å². The minimum Gasteiger partial charge on any atom is -0.496 e. The summed E-state index contributed by atoms with van der Waals surface area (Å²) in [5, 5.41) is 7.25. The van der Waals surface area contributed by atoms with Crippen molar-refractivity contribution < 1.29 is 9.53 Å². The maximum Gasteiger partial charge on any atom is 0.255 e. The smallest absolute Gasteiger partial charge is 0.255 e. The van der Waals surface area contributed by atoms with Gasteiger partial charge in [0.2, 0.25) is 0 Å². The Balaban J connectivity index is 2.13. The second-order valence-electron chi connectivity index (χ2n) is 4.66. The number of hydrogen-bond donors (Lipinski definition) is 1. The molecule has 0 aliphatic rings. The van der Waals surface area contributed by atoms with Crippen LogP contribution in [-0.4, -0.2) is 22.8 Å². The van der Waals surface area contributed by atoms with Crippen LogP contribution in [0.15, 0.2) is 24.3 Å². The topological polar surface area (TPSA) is 56.1 Å². The van der Waals surface area contributed by atoms with Crippen molar-refractivity contribution in [3.05, 3.63) is 46.8 Å². The van der Waals surface area contributed by atoms with Crippen molar-refractivity contribution >= 4 is 5.91 Å². The minimum atomic E-state index is -0.148. The monoisotopic (exact) mass is 273 g/mol. The molecule has 0 unspecified atom stereocenters. The fourth-order valence-electron chi connectivity index (χ4n) is 2.17. The summed E-state index contributed by atoms with van der Waals surface area (Å²) >= 11 is 0. The van der Waals surface area contributed by atoms with Crippen molar-refractivity contribution in [2.24, 2.45) is 7.05 Å². The van der Waals surface area contributed by atoms with Gasteiger partial charge in [-0.3, -0.25) is 9.48 Å². The van der Waals surface area contributed by atoms with Gasteiger partial charge >= 0.3 is 0 Å². The predicted molar refractivity (Wildman–Crippen MR) is 76.8 cm³/mol. The summed E-state index contributed by atoms with van der Waals surface area (Å²) in [6, 6.07) is 7.18. The van der Waals surface area contributed by atoms with Crippen LogP contribution >= 0.6 is 0 Å². The Hall–Kier alpha value is -2.30. The lowest BCUT2D eigenvalue weighted by molar-refractivity contribution is 0.0948. The second-order valence-corrected chi connectivity index (χ2v) is 4.66. The number of aryl methyl sites for hydroxylation is 2. The largest absolute Gasteiger partial charge is 0.496 e. The first-order valence-electron chi connectivity index (χ1n) is 6.45. The van der Waals surface area contributed by atoms with Gasteiger partial charge in [-0.05, 0) is 26.0 Å². The molecule has 1 amide bonds. The van der Waals surface area contributed by atoms with Gasteiger partial charge in [0.25, 0.3) is 5.91 Å². The summed E-state index contributed by atoms with van der Waals surface area (Å²) in [4.78, 5) is 12.2. The highest BCUT2D eigenvalue weighted by Gasteiger charge is 2.14. The molecular weight excluding hydrogens is 254 g/mol. The number of methoxy groups -OCH3 is 1. The van der Waals surface area contributed by atoms with Gasteiger partial charge < -0.3 is 10.1 Å². The van der Waals surface area contributed by atoms with Crippen LogP contribution in [0.3, 0.4) is 0 Å². The molecular formula is C15H19N3O2. The Kier molecular flexibility index (Phi) is 4.08. The number of amides is 1. The molecule has 1 aromatic heterocycles. The number of hydrogen-bond acceptors (Lipinski definition) is 3. The van der Waals surface area contributed by atoms with Crippen LogP contribution < -0.4 is 10.1 Å². The number of benzene rings is 1. The molecule has 0 saturated heterocycles. The molecule has 20 heavy (non-hydrogen) atoms. The number of nitrogens with zero attached hydrogens (tertiary/aromatic N) is 2. The van der Waals surface area contributed by atoms with Gasteiger partial charge in [-0.15, -0.1) is 0 Å². The van der Waals surface area contributed by atoms with Crippen LogP contribution in [0.1, 0.15) is 27.3 Å². The van der Waals surface area contributed by atoms with Crippen molar-refractivity contribution in [3.63, 3.8) is 0 Å². The van der Waals surface area contributed by atoms with E-state index >= 15 is 0 Å². The number of ether oxygens (including phenoxy) is 1. The molecule has 0 spiro atoms. The molecule has 0 radical (unpaired) electrons. The summed E-state index contributed by atoms with van der Waals surface area (Å²) in [5.41, 5.74) is 3.58. The molecule has 0 atom stereocenters. The summed E-state index contributed by atoms with van der Waals surface area (Å²) in [5.74, 6) is 0.426. The zero-order chi connectivity index (χ0) is 14.7. The van der Waals surface area contributed by atoms with Gasteiger partial charge in [0.1, 0.15) is 5.75 Å². The first-order chi connectivity index (χ1) is 9.54. The number of aromatic nitrogens is 2. The van der Waals surface area contributed by atoms with E-state index in [2.05, 4.69) is 10.4 Å². The molecule has 0 bridgehead atoms. The molecule has 1 aromatic carbocycles. The molecule has 2 aromatic rings. The van der Waals surface area contributed by atoms with E-state index < -0.39 is 0 Å². The predicted octanol–water partition coefficient (Wildman–Crippen LogP) is 1.98. The lowest BCUT2D eigenvalue weighted by Crippen LogP contribution is -2.23. The second kappa shape index (κ2) is 5.77. The van der Waals surface area contributed by atoms with E-state index in [1.54, 1.807) is 19.2 Å². The van der Waals surface area contributed by atoms with Crippen molar-refractivity contribution in [1.29, 1.82) is 0 Å². The van der Waals surface area contributed by atoms with Gasteiger partial charge in [-0.1, -0.05) is 12.1 Å². The zero-order valence-corrected chi connectivity index (χ0v) is 12.2. The SMILES string of the molecule is COc1ccccc1C(=O)NCc1c(C)nn(C)c1C. The number of para-hydroxylation sites is 1. The molecule has 5 heteroatoms. The normalized spacial score (nSPS) is 10.4. The highest BCUT2D eigenvalue weighted by Crippen LogP contribution is 2.17. The molecule has 5 nitrogen and oxygen atoms in total. The first-order valence-corrected chi connectivity index (χ1v) is 6.45. The Labute approximate surface area is 118 Å². The van der Waals surface area contributed by atoms with E-state index in [9.17, 15) is 4.79 Å². The van der Waals surface area contributed by atoms with E-state index in [0.29, 0.717) is 17.9 Å². The molecule has 0 aliphatic heterocycles. The number of rotatable bonds is 4. The third-order valence-corrected chi connectivity index (χ3v) is 3.44. The van der Waals surface area contributed by atoms with Crippen LogP contribution in [0.5, 0.6) is 5.75 Å². The molecule has 1 N–H and O–H groups in total. The van der Waals surface area contributed by atoms with Crippen LogP contribution in [0.4, 0.5) is 0 Å². The lowest BCUT2D eigenvalue weighted by atomic mass is 10.1. The van der Waals surface area contributed by atoms with E-state index in [1.807, 2.05) is 37.7 Å². The zero-order valence-electron chi connectivity index (χ0n) is 12.2. The minimum absolute atomic E-state index is 0.148. The fraction of sp³-hybridized carbons (Fsp3) is 0.333. The first kappa shape index (κ1) is 14.1. The lowest BCUT2D eigenvalue weighted by Gasteiger charge is -2.09. The summed E-state index contributed by atoms with van der Waals surface area (Å²) in [6.45, 7) is 4.39. The molecule has 2 rings (SSSR count). The number of carbonyl (C=O) groups is 1. The molecule has 106 valence electrons. The Morgan fingerprint density at radius 2 is 2.05 bits per heavy atom. The van der Waals surface area contributed by atoms with Crippen molar-refractivity contribution in [1.82, 2.24) is 15.1 Å². The van der Waals surface area contributed by atoms with E-state index in [4.69, 9.17) is 4.74 Å². The summed E-state index contributed by atoms with van der Waals surface area (Å²) in [6.07, 6.45) is 0. The molecule has 1 heterocycles. The fourth-order valence-corrected chi connectivity index (χ4v) is 2.17. The van der Waals surface area contributed by atoms with Crippen LogP contribution in [0.25, 0.3) is 0 Å². The molecule has 0 aliphatic carbocycles. The van der Waals surface area contributed by atoms with Gasteiger partial charge in [-0.2, -0.15) is 5.10 Å². The maximum atomic E-state index is 12.2. The third-order valence-electron chi connectivity index (χ3n) is 3.44. The van der Waals surface area contributed by atoms with Crippen molar-refractivity contribution in [2.75, 3.05) is 7.11 Å². The van der Waals surface area contributed by atoms with Crippen molar-refractivity contribution in [2.45, 2.75) is 20.4 Å². The Morgan fingerprint density at radius 1 is 1.35 bits per heavy atom. The highest BCUT2D eigenvalue weighted by molar-refractivity contribution is 5.96. The summed E-state index contributed by atoms with van der Waals surface area (Å²) < 4.78 is 7.01. The standard InChI is InChI=1S/C15H19N3O2/c1-10-13(11(2)18(3)17-10)9-16-15(19)12-7-5-6-8-14(12)20-4/h5-8H,9H2,1-4H3,(H,16,19). The van der Waals surface area contributed by atoms with Gasteiger partial charge in [0, 0.05) is 24.8 Å². The molecule has 0 saturated carbocycles. The number of nitrogens with one attached hydrogen (secondary N) is 1. The molecule has 0 fully saturated rings.